The molecule has 18 nitrogen and oxygen atoms in total. The SMILES string of the molecule is Cc1ccc(-n2ccc(NC(=O)c3cc(N4CCCCC4)ccc3NC(=O)c3cccc(CSCCC(=O)O)c3)n2)cc1C.Cc1ccc(-n2ccc(NC(=O)c3cc(N4CCCCC4)ccc3NC(=O)c3cccc(CSCCC(=O)OC(C)(C)C)c3)n2)cc1C. The van der Waals surface area contributed by atoms with Crippen molar-refractivity contribution in [3.8, 4) is 11.4 Å². The summed E-state index contributed by atoms with van der Waals surface area (Å²) in [5, 5.41) is 29.8. The Balaban J connectivity index is 0.000000218. The maximum Gasteiger partial charge on any atom is 0.307 e. The van der Waals surface area contributed by atoms with Crippen LogP contribution in [-0.2, 0) is 25.8 Å². The minimum Gasteiger partial charge on any atom is -0.481 e. The van der Waals surface area contributed by atoms with Gasteiger partial charge in [0.2, 0.25) is 0 Å². The van der Waals surface area contributed by atoms with E-state index in [4.69, 9.17) is 9.84 Å². The molecular weight excluding hydrogens is 1200 g/mol. The second-order valence-corrected chi connectivity index (χ2v) is 26.4. The average Bonchev–Trinajstić information content (AvgIpc) is 1.16. The molecule has 0 saturated carbocycles. The van der Waals surface area contributed by atoms with Crippen LogP contribution in [0, 0.1) is 27.7 Å². The van der Waals surface area contributed by atoms with Crippen LogP contribution >= 0.6 is 23.5 Å². The number of ether oxygens (including phenoxy) is 1. The molecule has 0 radical (unpaired) electrons. The second kappa shape index (κ2) is 31.7. The first-order chi connectivity index (χ1) is 44.2. The molecule has 0 bridgehead atoms. The van der Waals surface area contributed by atoms with E-state index in [1.54, 1.807) is 75.9 Å². The van der Waals surface area contributed by atoms with Crippen LogP contribution in [-0.4, -0.2) is 104 Å². The molecular formula is C72H82N10O8S2. The lowest BCUT2D eigenvalue weighted by Crippen LogP contribution is -2.29. The number of aryl methyl sites for hydroxylation is 4. The number of esters is 1. The molecule has 2 aliphatic rings. The lowest BCUT2D eigenvalue weighted by Gasteiger charge is -2.29. The molecule has 480 valence electrons. The van der Waals surface area contributed by atoms with Crippen molar-refractivity contribution in [2.24, 2.45) is 0 Å². The number of carbonyl (C=O) groups excluding carboxylic acids is 5. The Labute approximate surface area is 547 Å². The number of aliphatic carboxylic acids is 1. The van der Waals surface area contributed by atoms with E-state index in [1.807, 2.05) is 113 Å². The zero-order chi connectivity index (χ0) is 65.3. The number of carbonyl (C=O) groups is 6. The van der Waals surface area contributed by atoms with Crippen LogP contribution in [0.4, 0.5) is 34.4 Å². The third-order valence-electron chi connectivity index (χ3n) is 15.9. The van der Waals surface area contributed by atoms with Gasteiger partial charge in [0.1, 0.15) is 5.60 Å². The van der Waals surface area contributed by atoms with Crippen LogP contribution in [0.3, 0.4) is 0 Å². The zero-order valence-electron chi connectivity index (χ0n) is 53.5. The smallest absolute Gasteiger partial charge is 0.307 e. The number of benzene rings is 6. The topological polar surface area (TPSA) is 222 Å². The number of thioether (sulfide) groups is 2. The summed E-state index contributed by atoms with van der Waals surface area (Å²) in [5.74, 6) is 0.770. The first-order valence-corrected chi connectivity index (χ1v) is 33.6. The van der Waals surface area contributed by atoms with Gasteiger partial charge in [0.15, 0.2) is 11.6 Å². The summed E-state index contributed by atoms with van der Waals surface area (Å²) < 4.78 is 8.84. The number of anilines is 6. The van der Waals surface area contributed by atoms with Crippen molar-refractivity contribution in [3.05, 3.63) is 201 Å². The molecule has 0 atom stereocenters. The van der Waals surface area contributed by atoms with Gasteiger partial charge in [-0.2, -0.15) is 33.7 Å². The van der Waals surface area contributed by atoms with Gasteiger partial charge < -0.3 is 40.9 Å². The lowest BCUT2D eigenvalue weighted by atomic mass is 10.1. The van der Waals surface area contributed by atoms with Gasteiger partial charge in [-0.25, -0.2) is 9.36 Å². The number of carboxylic acids is 1. The average molecular weight is 1280 g/mol. The van der Waals surface area contributed by atoms with Gasteiger partial charge in [0.05, 0.1) is 46.7 Å². The third-order valence-corrected chi connectivity index (χ3v) is 17.9. The van der Waals surface area contributed by atoms with E-state index >= 15 is 0 Å². The molecule has 2 aromatic heterocycles. The molecule has 5 N–H and O–H groups in total. The normalized spacial score (nSPS) is 13.1. The van der Waals surface area contributed by atoms with Gasteiger partial charge in [-0.1, -0.05) is 36.4 Å². The lowest BCUT2D eigenvalue weighted by molar-refractivity contribution is -0.154. The number of piperidine rings is 2. The van der Waals surface area contributed by atoms with E-state index in [0.29, 0.717) is 74.7 Å². The first kappa shape index (κ1) is 67.3. The van der Waals surface area contributed by atoms with Gasteiger partial charge in [-0.15, -0.1) is 0 Å². The van der Waals surface area contributed by atoms with Gasteiger partial charge in [0, 0.05) is 96.2 Å². The highest BCUT2D eigenvalue weighted by atomic mass is 32.2. The number of nitrogens with one attached hydrogen (secondary N) is 4. The largest absolute Gasteiger partial charge is 0.481 e. The highest BCUT2D eigenvalue weighted by Crippen LogP contribution is 2.31. The second-order valence-electron chi connectivity index (χ2n) is 24.2. The first-order valence-electron chi connectivity index (χ1n) is 31.3. The Bertz CT molecular complexity index is 3940. The Morgan fingerprint density at radius 1 is 0.478 bits per heavy atom. The fourth-order valence-electron chi connectivity index (χ4n) is 10.6. The van der Waals surface area contributed by atoms with Gasteiger partial charge >= 0.3 is 11.9 Å². The Hall–Kier alpha value is -9.14. The number of carboxylic acid groups (broad SMARTS) is 1. The van der Waals surface area contributed by atoms with Crippen LogP contribution < -0.4 is 31.1 Å². The summed E-state index contributed by atoms with van der Waals surface area (Å²) >= 11 is 3.12. The van der Waals surface area contributed by atoms with Crippen molar-refractivity contribution in [2.75, 3.05) is 68.8 Å². The van der Waals surface area contributed by atoms with Crippen molar-refractivity contribution < 1.29 is 38.6 Å². The van der Waals surface area contributed by atoms with E-state index in [-0.39, 0.29) is 36.0 Å². The molecule has 0 aliphatic carbocycles. The molecule has 0 spiro atoms. The molecule has 10 rings (SSSR count). The molecule has 92 heavy (non-hydrogen) atoms. The predicted molar refractivity (Wildman–Crippen MR) is 371 cm³/mol. The summed E-state index contributed by atoms with van der Waals surface area (Å²) in [4.78, 5) is 81.8. The summed E-state index contributed by atoms with van der Waals surface area (Å²) in [6.07, 6.45) is 10.8. The summed E-state index contributed by atoms with van der Waals surface area (Å²) in [5.41, 5.74) is 12.3. The monoisotopic (exact) mass is 1280 g/mol. The summed E-state index contributed by atoms with van der Waals surface area (Å²) in [7, 11) is 0. The molecule has 6 aromatic carbocycles. The molecule has 2 fully saturated rings. The highest BCUT2D eigenvalue weighted by Gasteiger charge is 2.23. The van der Waals surface area contributed by atoms with Crippen molar-refractivity contribution >= 4 is 93.5 Å². The number of aromatic nitrogens is 4. The minimum atomic E-state index is -0.827. The Kier molecular flexibility index (Phi) is 23.2. The van der Waals surface area contributed by atoms with Crippen molar-refractivity contribution in [1.82, 2.24) is 19.6 Å². The maximum absolute atomic E-state index is 13.8. The van der Waals surface area contributed by atoms with Gasteiger partial charge in [-0.05, 0) is 205 Å². The third kappa shape index (κ3) is 19.2. The number of hydrogen-bond donors (Lipinski definition) is 5. The quantitative estimate of drug-likeness (QED) is 0.0315. The fraction of sp³-hybridized carbons (Fsp3) is 0.333. The van der Waals surface area contributed by atoms with Crippen LogP contribution in [0.25, 0.3) is 11.4 Å². The molecule has 4 heterocycles. The number of rotatable bonds is 22. The van der Waals surface area contributed by atoms with E-state index in [1.165, 1.54) is 35.7 Å². The summed E-state index contributed by atoms with van der Waals surface area (Å²) in [6.45, 7) is 17.5. The number of amides is 4. The standard InChI is InChI=1S/C38H45N5O4S.C34H37N5O4S/c1-26-12-13-31(22-27(26)2)43-20-16-34(41-43)40-37(46)32-24-30(42-18-7-6-8-19-42)14-15-33(32)39-36(45)29-11-9-10-28(23-29)25-48-21-17-35(44)47-38(3,4)5;1-23-9-10-28(19-24(23)2)39-17-13-31(37-39)36-34(43)29-21-27(38-15-4-3-5-16-38)11-12-30(29)35-33(42)26-8-6-7-25(20-26)22-44-18-14-32(40)41/h9-16,20,22-24H,6-8,17-19,21,25H2,1-5H3,(H,39,45)(H,40,41,46);6-13,17,19-21H,3-5,14-16,18,22H2,1-2H3,(H,35,42)(H,40,41)(H,36,37,43). The van der Waals surface area contributed by atoms with E-state index in [0.717, 1.165) is 96.9 Å². The van der Waals surface area contributed by atoms with Gasteiger partial charge in [-0.3, -0.25) is 28.8 Å². The Morgan fingerprint density at radius 3 is 1.32 bits per heavy atom. The van der Waals surface area contributed by atoms with Crippen molar-refractivity contribution in [2.45, 2.75) is 117 Å². The van der Waals surface area contributed by atoms with Crippen LogP contribution in [0.15, 0.2) is 146 Å². The number of nitrogens with zero attached hydrogens (tertiary/aromatic N) is 6. The molecule has 20 heteroatoms. The zero-order valence-corrected chi connectivity index (χ0v) is 55.1. The maximum atomic E-state index is 13.8. The molecule has 2 saturated heterocycles. The van der Waals surface area contributed by atoms with E-state index in [2.05, 4.69) is 68.1 Å². The fourth-order valence-corrected chi connectivity index (χ4v) is 12.4. The van der Waals surface area contributed by atoms with Crippen LogP contribution in [0.1, 0.15) is 147 Å². The van der Waals surface area contributed by atoms with Gasteiger partial charge in [0.25, 0.3) is 23.6 Å². The number of hydrogen-bond acceptors (Lipinski definition) is 13. The van der Waals surface area contributed by atoms with Crippen LogP contribution in [0.2, 0.25) is 0 Å². The summed E-state index contributed by atoms with van der Waals surface area (Å²) in [6, 6.07) is 41.5. The highest BCUT2D eigenvalue weighted by molar-refractivity contribution is 7.98. The molecule has 2 aliphatic heterocycles. The van der Waals surface area contributed by atoms with Crippen molar-refractivity contribution in [1.29, 1.82) is 0 Å². The minimum absolute atomic E-state index is 0.0922. The van der Waals surface area contributed by atoms with E-state index < -0.39 is 11.6 Å². The van der Waals surface area contributed by atoms with Crippen molar-refractivity contribution in [3.63, 3.8) is 0 Å². The van der Waals surface area contributed by atoms with Crippen LogP contribution in [0.5, 0.6) is 0 Å². The predicted octanol–water partition coefficient (Wildman–Crippen LogP) is 14.6. The Morgan fingerprint density at radius 2 is 0.902 bits per heavy atom. The molecule has 0 unspecified atom stereocenters. The molecule has 4 amide bonds. The molecule has 8 aromatic rings. The van der Waals surface area contributed by atoms with E-state index in [9.17, 15) is 28.8 Å².